The highest BCUT2D eigenvalue weighted by molar-refractivity contribution is 7.89. The van der Waals surface area contributed by atoms with Gasteiger partial charge in [0, 0.05) is 45.7 Å². The standard InChI is InChI=1S/C19H31N3O3S/c1-15(2)14-21-9-11-22(12-10-21)19(23)7-8-20-26(24,25)18-13-16(3)5-6-17(18)4/h5-6,13,15,20H,7-12,14H2,1-4H3. The molecule has 1 amide bonds. The Morgan fingerprint density at radius 1 is 1.15 bits per heavy atom. The van der Waals surface area contributed by atoms with Crippen molar-refractivity contribution >= 4 is 15.9 Å². The number of nitrogens with zero attached hydrogens (tertiary/aromatic N) is 2. The Morgan fingerprint density at radius 3 is 2.42 bits per heavy atom. The number of benzene rings is 1. The van der Waals surface area contributed by atoms with Crippen LogP contribution >= 0.6 is 0 Å². The second-order valence-corrected chi connectivity index (χ2v) is 9.23. The van der Waals surface area contributed by atoms with Gasteiger partial charge in [-0.25, -0.2) is 13.1 Å². The molecule has 0 spiro atoms. The van der Waals surface area contributed by atoms with Crippen molar-refractivity contribution in [2.75, 3.05) is 39.3 Å². The predicted molar refractivity (Wildman–Crippen MR) is 104 cm³/mol. The molecule has 0 atom stereocenters. The number of nitrogens with one attached hydrogen (secondary N) is 1. The number of sulfonamides is 1. The largest absolute Gasteiger partial charge is 0.340 e. The van der Waals surface area contributed by atoms with Gasteiger partial charge in [0.15, 0.2) is 0 Å². The molecule has 0 bridgehead atoms. The fourth-order valence-electron chi connectivity index (χ4n) is 3.22. The average Bonchev–Trinajstić information content (AvgIpc) is 2.56. The Hall–Kier alpha value is -1.44. The van der Waals surface area contributed by atoms with Crippen molar-refractivity contribution in [2.24, 2.45) is 5.92 Å². The van der Waals surface area contributed by atoms with E-state index in [9.17, 15) is 13.2 Å². The number of carbonyl (C=O) groups is 1. The number of carbonyl (C=O) groups excluding carboxylic acids is 1. The Balaban J connectivity index is 1.82. The fourth-order valence-corrected chi connectivity index (χ4v) is 4.58. The molecule has 1 N–H and O–H groups in total. The molecule has 1 aliphatic heterocycles. The maximum absolute atomic E-state index is 12.5. The molecule has 1 fully saturated rings. The molecular weight excluding hydrogens is 350 g/mol. The summed E-state index contributed by atoms with van der Waals surface area (Å²) in [6.45, 7) is 12.4. The molecule has 1 saturated heterocycles. The molecule has 1 aromatic carbocycles. The summed E-state index contributed by atoms with van der Waals surface area (Å²) < 4.78 is 27.5. The van der Waals surface area contributed by atoms with E-state index in [1.54, 1.807) is 19.1 Å². The van der Waals surface area contributed by atoms with Crippen LogP contribution in [0.1, 0.15) is 31.4 Å². The summed E-state index contributed by atoms with van der Waals surface area (Å²) in [6.07, 6.45) is 0.189. The number of amides is 1. The highest BCUT2D eigenvalue weighted by Gasteiger charge is 2.22. The van der Waals surface area contributed by atoms with Gasteiger partial charge in [0.2, 0.25) is 15.9 Å². The third-order valence-electron chi connectivity index (χ3n) is 4.61. The topological polar surface area (TPSA) is 69.7 Å². The predicted octanol–water partition coefficient (Wildman–Crippen LogP) is 1.77. The fraction of sp³-hybridized carbons (Fsp3) is 0.632. The first kappa shape index (κ1) is 20.9. The minimum atomic E-state index is -3.59. The monoisotopic (exact) mass is 381 g/mol. The van der Waals surface area contributed by atoms with Crippen LogP contribution in [-0.2, 0) is 14.8 Å². The molecule has 0 aliphatic carbocycles. The maximum Gasteiger partial charge on any atom is 0.240 e. The zero-order chi connectivity index (χ0) is 19.3. The summed E-state index contributed by atoms with van der Waals surface area (Å²) in [5.74, 6) is 0.634. The summed E-state index contributed by atoms with van der Waals surface area (Å²) in [5, 5.41) is 0. The van der Waals surface area contributed by atoms with Crippen molar-refractivity contribution in [2.45, 2.75) is 39.0 Å². The van der Waals surface area contributed by atoms with Gasteiger partial charge in [0.05, 0.1) is 4.90 Å². The van der Waals surface area contributed by atoms with Gasteiger partial charge in [-0.3, -0.25) is 9.69 Å². The van der Waals surface area contributed by atoms with E-state index in [0.717, 1.165) is 38.3 Å². The lowest BCUT2D eigenvalue weighted by Gasteiger charge is -2.35. The van der Waals surface area contributed by atoms with Crippen LogP contribution in [0, 0.1) is 19.8 Å². The first-order valence-electron chi connectivity index (χ1n) is 9.26. The first-order chi connectivity index (χ1) is 12.2. The summed E-state index contributed by atoms with van der Waals surface area (Å²) in [7, 11) is -3.59. The SMILES string of the molecule is Cc1ccc(C)c(S(=O)(=O)NCCC(=O)N2CCN(CC(C)C)CC2)c1. The Labute approximate surface area is 157 Å². The number of rotatable bonds is 7. The lowest BCUT2D eigenvalue weighted by atomic mass is 10.2. The van der Waals surface area contributed by atoms with Crippen molar-refractivity contribution in [3.63, 3.8) is 0 Å². The summed E-state index contributed by atoms with van der Waals surface area (Å²) in [5.41, 5.74) is 1.60. The quantitative estimate of drug-likeness (QED) is 0.782. The van der Waals surface area contributed by atoms with Gasteiger partial charge in [-0.1, -0.05) is 26.0 Å². The van der Waals surface area contributed by atoms with Crippen molar-refractivity contribution < 1.29 is 13.2 Å². The summed E-state index contributed by atoms with van der Waals surface area (Å²) in [4.78, 5) is 16.8. The molecule has 2 rings (SSSR count). The second kappa shape index (κ2) is 8.97. The first-order valence-corrected chi connectivity index (χ1v) is 10.7. The molecular formula is C19H31N3O3S. The molecule has 0 unspecified atom stereocenters. The van der Waals surface area contributed by atoms with Gasteiger partial charge in [-0.15, -0.1) is 0 Å². The molecule has 1 aromatic rings. The van der Waals surface area contributed by atoms with Crippen molar-refractivity contribution in [3.8, 4) is 0 Å². The van der Waals surface area contributed by atoms with E-state index < -0.39 is 10.0 Å². The van der Waals surface area contributed by atoms with Gasteiger partial charge < -0.3 is 4.90 Å². The van der Waals surface area contributed by atoms with E-state index >= 15 is 0 Å². The average molecular weight is 382 g/mol. The van der Waals surface area contributed by atoms with E-state index in [1.807, 2.05) is 17.9 Å². The third-order valence-corrected chi connectivity index (χ3v) is 6.22. The number of hydrogen-bond acceptors (Lipinski definition) is 4. The van der Waals surface area contributed by atoms with Crippen LogP contribution in [0.4, 0.5) is 0 Å². The van der Waals surface area contributed by atoms with Crippen LogP contribution in [0.2, 0.25) is 0 Å². The van der Waals surface area contributed by atoms with Gasteiger partial charge in [-0.2, -0.15) is 0 Å². The van der Waals surface area contributed by atoms with E-state index in [-0.39, 0.29) is 23.8 Å². The van der Waals surface area contributed by atoms with E-state index in [2.05, 4.69) is 23.5 Å². The van der Waals surface area contributed by atoms with Gasteiger partial charge in [0.1, 0.15) is 0 Å². The van der Waals surface area contributed by atoms with Crippen molar-refractivity contribution in [1.29, 1.82) is 0 Å². The zero-order valence-electron chi connectivity index (χ0n) is 16.3. The molecule has 1 aliphatic rings. The van der Waals surface area contributed by atoms with E-state index in [4.69, 9.17) is 0 Å². The van der Waals surface area contributed by atoms with Crippen molar-refractivity contribution in [1.82, 2.24) is 14.5 Å². The Bertz CT molecular complexity index is 724. The number of aryl methyl sites for hydroxylation is 2. The maximum atomic E-state index is 12.5. The summed E-state index contributed by atoms with van der Waals surface area (Å²) in [6, 6.07) is 5.34. The lowest BCUT2D eigenvalue weighted by Crippen LogP contribution is -2.49. The van der Waals surface area contributed by atoms with Crippen LogP contribution in [0.15, 0.2) is 23.1 Å². The smallest absolute Gasteiger partial charge is 0.240 e. The third kappa shape index (κ3) is 5.79. The number of hydrogen-bond donors (Lipinski definition) is 1. The van der Waals surface area contributed by atoms with E-state index in [1.165, 1.54) is 0 Å². The molecule has 1 heterocycles. The van der Waals surface area contributed by atoms with Crippen LogP contribution in [0.3, 0.4) is 0 Å². The molecule has 6 nitrogen and oxygen atoms in total. The molecule has 0 aromatic heterocycles. The van der Waals surface area contributed by atoms with Crippen LogP contribution in [0.25, 0.3) is 0 Å². The van der Waals surface area contributed by atoms with Crippen LogP contribution in [-0.4, -0.2) is 63.4 Å². The van der Waals surface area contributed by atoms with Gasteiger partial charge in [-0.05, 0) is 37.0 Å². The van der Waals surface area contributed by atoms with E-state index in [0.29, 0.717) is 11.5 Å². The molecule has 26 heavy (non-hydrogen) atoms. The molecule has 146 valence electrons. The molecule has 7 heteroatoms. The minimum Gasteiger partial charge on any atom is -0.340 e. The van der Waals surface area contributed by atoms with Crippen LogP contribution in [0.5, 0.6) is 0 Å². The Morgan fingerprint density at radius 2 is 1.81 bits per heavy atom. The lowest BCUT2D eigenvalue weighted by molar-refractivity contribution is -0.132. The van der Waals surface area contributed by atoms with Crippen LogP contribution < -0.4 is 4.72 Å². The number of piperazine rings is 1. The molecule has 0 saturated carbocycles. The van der Waals surface area contributed by atoms with Crippen molar-refractivity contribution in [3.05, 3.63) is 29.3 Å². The van der Waals surface area contributed by atoms with Gasteiger partial charge >= 0.3 is 0 Å². The normalized spacial score (nSPS) is 16.3. The molecule has 0 radical (unpaired) electrons. The highest BCUT2D eigenvalue weighted by atomic mass is 32.2. The highest BCUT2D eigenvalue weighted by Crippen LogP contribution is 2.16. The zero-order valence-corrected chi connectivity index (χ0v) is 17.1. The summed E-state index contributed by atoms with van der Waals surface area (Å²) >= 11 is 0. The Kier molecular flexibility index (Phi) is 7.20. The van der Waals surface area contributed by atoms with Gasteiger partial charge in [0.25, 0.3) is 0 Å². The minimum absolute atomic E-state index is 0.0119. The second-order valence-electron chi connectivity index (χ2n) is 7.49.